The summed E-state index contributed by atoms with van der Waals surface area (Å²) in [6.45, 7) is 17.2. The summed E-state index contributed by atoms with van der Waals surface area (Å²) in [5.74, 6) is 1.68. The molecule has 4 heterocycles. The van der Waals surface area contributed by atoms with Crippen molar-refractivity contribution in [1.29, 1.82) is 0 Å². The number of nitrogens with zero attached hydrogens (tertiary/aromatic N) is 8. The maximum absolute atomic E-state index is 5.06. The number of anilines is 2. The van der Waals surface area contributed by atoms with Gasteiger partial charge in [-0.25, -0.2) is 4.98 Å². The summed E-state index contributed by atoms with van der Waals surface area (Å²) in [7, 11) is 0. The molecule has 0 radical (unpaired) electrons. The van der Waals surface area contributed by atoms with E-state index in [1.807, 2.05) is 6.33 Å². The molecule has 3 fully saturated rings. The molecule has 216 valence electrons. The average molecular weight is 546 g/mol. The first-order chi connectivity index (χ1) is 19.7. The number of piperazine rings is 2. The van der Waals surface area contributed by atoms with Gasteiger partial charge in [-0.05, 0) is 44.8 Å². The van der Waals surface area contributed by atoms with Crippen LogP contribution in [0.15, 0.2) is 30.6 Å². The van der Waals surface area contributed by atoms with Crippen molar-refractivity contribution in [1.82, 2.24) is 34.2 Å². The number of rotatable bonds is 10. The number of benzene rings is 1. The number of hydrogen-bond acceptors (Lipinski definition) is 8. The predicted octanol–water partition coefficient (Wildman–Crippen LogP) is 3.84. The van der Waals surface area contributed by atoms with Crippen molar-refractivity contribution in [3.8, 4) is 0 Å². The van der Waals surface area contributed by atoms with Crippen LogP contribution in [-0.4, -0.2) is 106 Å². The van der Waals surface area contributed by atoms with Crippen LogP contribution in [-0.2, 0) is 13.1 Å². The minimum atomic E-state index is 0.693. The van der Waals surface area contributed by atoms with Crippen LogP contribution in [0.4, 0.5) is 11.8 Å². The van der Waals surface area contributed by atoms with Gasteiger partial charge in [0.15, 0.2) is 17.0 Å². The van der Waals surface area contributed by atoms with Gasteiger partial charge in [-0.3, -0.25) is 4.90 Å². The highest BCUT2D eigenvalue weighted by atomic mass is 15.3. The molecule has 1 saturated carbocycles. The first-order valence-corrected chi connectivity index (χ1v) is 15.6. The summed E-state index contributed by atoms with van der Waals surface area (Å²) in [4.78, 5) is 25.2. The van der Waals surface area contributed by atoms with Gasteiger partial charge in [0.05, 0.1) is 6.33 Å². The fraction of sp³-hybridized carbons (Fsp3) is 0.645. The Morgan fingerprint density at radius 3 is 2.30 bits per heavy atom. The van der Waals surface area contributed by atoms with E-state index >= 15 is 0 Å². The first kappa shape index (κ1) is 27.4. The van der Waals surface area contributed by atoms with Gasteiger partial charge in [0.25, 0.3) is 0 Å². The fourth-order valence-electron chi connectivity index (χ4n) is 6.64. The predicted molar refractivity (Wildman–Crippen MR) is 163 cm³/mol. The summed E-state index contributed by atoms with van der Waals surface area (Å²) in [6, 6.07) is 9.45. The number of imidazole rings is 1. The highest BCUT2D eigenvalue weighted by Gasteiger charge is 2.28. The molecule has 2 saturated heterocycles. The minimum Gasteiger partial charge on any atom is -0.352 e. The van der Waals surface area contributed by atoms with E-state index in [0.717, 1.165) is 75.3 Å². The van der Waals surface area contributed by atoms with E-state index in [4.69, 9.17) is 15.0 Å². The largest absolute Gasteiger partial charge is 0.352 e. The zero-order valence-corrected chi connectivity index (χ0v) is 24.6. The standard InChI is InChI=1S/C31H47N9/c1-3-36-15-17-37(18-16-36)13-6-14-40-24-33-28-29(39-21-19-38(20-22-39)27-7-4-5-8-27)34-31(35-30(28)40)32-23-26-11-9-25(2)10-12-26/h9-12,24,27H,3-8,13-23H2,1-2H3,(H,32,34,35). The third-order valence-electron chi connectivity index (χ3n) is 9.26. The van der Waals surface area contributed by atoms with E-state index in [9.17, 15) is 0 Å². The summed E-state index contributed by atoms with van der Waals surface area (Å²) in [5, 5.41) is 3.53. The van der Waals surface area contributed by atoms with Crippen molar-refractivity contribution in [3.05, 3.63) is 41.7 Å². The van der Waals surface area contributed by atoms with Gasteiger partial charge in [0.1, 0.15) is 0 Å². The monoisotopic (exact) mass is 545 g/mol. The van der Waals surface area contributed by atoms with Crippen molar-refractivity contribution in [2.75, 3.05) is 75.7 Å². The Bertz CT molecular complexity index is 1220. The van der Waals surface area contributed by atoms with Crippen LogP contribution in [0, 0.1) is 6.92 Å². The lowest BCUT2D eigenvalue weighted by atomic mass is 10.1. The molecule has 9 heteroatoms. The molecule has 6 rings (SSSR count). The molecule has 0 atom stereocenters. The van der Waals surface area contributed by atoms with E-state index in [0.29, 0.717) is 12.5 Å². The van der Waals surface area contributed by atoms with E-state index in [1.165, 1.54) is 63.0 Å². The number of aromatic nitrogens is 4. The third-order valence-corrected chi connectivity index (χ3v) is 9.26. The van der Waals surface area contributed by atoms with Crippen molar-refractivity contribution in [2.24, 2.45) is 0 Å². The van der Waals surface area contributed by atoms with Crippen LogP contribution in [0.3, 0.4) is 0 Å². The summed E-state index contributed by atoms with van der Waals surface area (Å²) < 4.78 is 2.24. The van der Waals surface area contributed by atoms with E-state index in [1.54, 1.807) is 0 Å². The number of hydrogen-bond donors (Lipinski definition) is 1. The molecule has 1 aromatic carbocycles. The maximum Gasteiger partial charge on any atom is 0.227 e. The molecule has 3 aliphatic rings. The van der Waals surface area contributed by atoms with Crippen LogP contribution < -0.4 is 10.2 Å². The molecule has 2 aromatic heterocycles. The fourth-order valence-corrected chi connectivity index (χ4v) is 6.64. The molecular formula is C31H47N9. The van der Waals surface area contributed by atoms with Crippen molar-refractivity contribution in [2.45, 2.75) is 65.1 Å². The Kier molecular flexibility index (Phi) is 8.80. The lowest BCUT2D eigenvalue weighted by Crippen LogP contribution is -2.50. The Labute approximate surface area is 239 Å². The van der Waals surface area contributed by atoms with Gasteiger partial charge in [0.2, 0.25) is 5.95 Å². The second-order valence-electron chi connectivity index (χ2n) is 11.9. The normalized spacial score (nSPS) is 20.1. The third kappa shape index (κ3) is 6.42. The molecule has 1 N–H and O–H groups in total. The Morgan fingerprint density at radius 2 is 1.57 bits per heavy atom. The minimum absolute atomic E-state index is 0.693. The smallest absolute Gasteiger partial charge is 0.227 e. The highest BCUT2D eigenvalue weighted by Crippen LogP contribution is 2.29. The van der Waals surface area contributed by atoms with Gasteiger partial charge in [0, 0.05) is 71.5 Å². The summed E-state index contributed by atoms with van der Waals surface area (Å²) in [5.41, 5.74) is 4.39. The topological polar surface area (TPSA) is 68.6 Å². The van der Waals surface area contributed by atoms with Gasteiger partial charge < -0.3 is 24.6 Å². The van der Waals surface area contributed by atoms with Crippen molar-refractivity contribution >= 4 is 22.9 Å². The maximum atomic E-state index is 5.06. The van der Waals surface area contributed by atoms with E-state index in [2.05, 4.69) is 67.6 Å². The SMILES string of the molecule is CCN1CCN(CCCn2cnc3c(N4CCN(C5CCCC5)CC4)nc(NCc4ccc(C)cc4)nc32)CC1. The quantitative estimate of drug-likeness (QED) is 0.412. The highest BCUT2D eigenvalue weighted by molar-refractivity contribution is 5.85. The van der Waals surface area contributed by atoms with Crippen molar-refractivity contribution in [3.63, 3.8) is 0 Å². The number of nitrogens with one attached hydrogen (secondary N) is 1. The molecule has 1 aliphatic carbocycles. The first-order valence-electron chi connectivity index (χ1n) is 15.6. The van der Waals surface area contributed by atoms with Gasteiger partial charge in [-0.15, -0.1) is 0 Å². The van der Waals surface area contributed by atoms with E-state index in [-0.39, 0.29) is 0 Å². The Balaban J connectivity index is 1.17. The second-order valence-corrected chi connectivity index (χ2v) is 11.9. The molecule has 9 nitrogen and oxygen atoms in total. The van der Waals surface area contributed by atoms with Gasteiger partial charge >= 0.3 is 0 Å². The number of fused-ring (bicyclic) bond motifs is 1. The Morgan fingerprint density at radius 1 is 0.850 bits per heavy atom. The molecule has 3 aromatic rings. The number of aryl methyl sites for hydroxylation is 2. The van der Waals surface area contributed by atoms with Crippen LogP contribution >= 0.6 is 0 Å². The second kappa shape index (κ2) is 12.8. The summed E-state index contributed by atoms with van der Waals surface area (Å²) in [6.07, 6.45) is 8.59. The van der Waals surface area contributed by atoms with E-state index < -0.39 is 0 Å². The molecule has 40 heavy (non-hydrogen) atoms. The molecule has 0 unspecified atom stereocenters. The van der Waals surface area contributed by atoms with Crippen LogP contribution in [0.1, 0.15) is 50.2 Å². The average Bonchev–Trinajstić information content (AvgIpc) is 3.68. The Hall–Kier alpha value is -2.75. The lowest BCUT2D eigenvalue weighted by molar-refractivity contribution is 0.135. The zero-order valence-electron chi connectivity index (χ0n) is 24.6. The van der Waals surface area contributed by atoms with Gasteiger partial charge in [-0.1, -0.05) is 49.6 Å². The summed E-state index contributed by atoms with van der Waals surface area (Å²) >= 11 is 0. The zero-order chi connectivity index (χ0) is 27.3. The van der Waals surface area contributed by atoms with Crippen LogP contribution in [0.25, 0.3) is 11.2 Å². The number of likely N-dealkylation sites (N-methyl/N-ethyl adjacent to an activating group) is 1. The van der Waals surface area contributed by atoms with Crippen LogP contribution in [0.2, 0.25) is 0 Å². The molecule has 0 amide bonds. The molecule has 0 bridgehead atoms. The lowest BCUT2D eigenvalue weighted by Gasteiger charge is -2.38. The molecule has 2 aliphatic heterocycles. The van der Waals surface area contributed by atoms with Crippen LogP contribution in [0.5, 0.6) is 0 Å². The molecular weight excluding hydrogens is 498 g/mol. The van der Waals surface area contributed by atoms with Gasteiger partial charge in [-0.2, -0.15) is 9.97 Å². The molecule has 0 spiro atoms. The van der Waals surface area contributed by atoms with Crippen molar-refractivity contribution < 1.29 is 0 Å².